The van der Waals surface area contributed by atoms with Gasteiger partial charge in [0.25, 0.3) is 0 Å². The minimum atomic E-state index is -0.529. The number of methoxy groups -OCH3 is 1. The molecule has 0 aliphatic rings. The average molecular weight is 289 g/mol. The van der Waals surface area contributed by atoms with E-state index in [9.17, 15) is 0 Å². The van der Waals surface area contributed by atoms with Crippen LogP contribution in [-0.2, 0) is 15.8 Å². The summed E-state index contributed by atoms with van der Waals surface area (Å²) in [6.45, 7) is 8.08. The molecule has 2 aromatic rings. The van der Waals surface area contributed by atoms with Gasteiger partial charge in [-0.05, 0) is 44.9 Å². The van der Waals surface area contributed by atoms with Crippen LogP contribution in [-0.4, -0.2) is 17.3 Å². The van der Waals surface area contributed by atoms with Crippen molar-refractivity contribution in [3.05, 3.63) is 41.5 Å². The standard InChI is InChI=1S/C16H23N3O2/c1-6-16(4,20-5)13-18-14(21-19-13)15(2,3)11-7-9-12(17)10-8-11/h7-10H,6,17H2,1-5H3. The molecule has 0 saturated carbocycles. The summed E-state index contributed by atoms with van der Waals surface area (Å²) < 4.78 is 11.0. The summed E-state index contributed by atoms with van der Waals surface area (Å²) in [5.74, 6) is 1.14. The van der Waals surface area contributed by atoms with Crippen molar-refractivity contribution in [1.82, 2.24) is 10.1 Å². The van der Waals surface area contributed by atoms with Gasteiger partial charge in [0.05, 0.1) is 5.41 Å². The van der Waals surface area contributed by atoms with Crippen LogP contribution in [0.2, 0.25) is 0 Å². The summed E-state index contributed by atoms with van der Waals surface area (Å²) in [5.41, 5.74) is 6.63. The van der Waals surface area contributed by atoms with Crippen molar-refractivity contribution in [2.45, 2.75) is 45.1 Å². The maximum atomic E-state index is 5.74. The van der Waals surface area contributed by atoms with Gasteiger partial charge in [0, 0.05) is 12.8 Å². The van der Waals surface area contributed by atoms with Gasteiger partial charge >= 0.3 is 0 Å². The molecule has 0 radical (unpaired) electrons. The largest absolute Gasteiger partial charge is 0.399 e. The molecule has 0 aliphatic carbocycles. The molecule has 0 fully saturated rings. The fraction of sp³-hybridized carbons (Fsp3) is 0.500. The van der Waals surface area contributed by atoms with Crippen LogP contribution in [0.4, 0.5) is 5.69 Å². The SMILES string of the molecule is CCC(C)(OC)c1noc(C(C)(C)c2ccc(N)cc2)n1. The Kier molecular flexibility index (Phi) is 4.05. The number of rotatable bonds is 5. The van der Waals surface area contributed by atoms with Crippen LogP contribution in [0.25, 0.3) is 0 Å². The molecular formula is C16H23N3O2. The predicted octanol–water partition coefficient (Wildman–Crippen LogP) is 3.25. The van der Waals surface area contributed by atoms with E-state index in [0.29, 0.717) is 11.7 Å². The molecule has 1 heterocycles. The van der Waals surface area contributed by atoms with Crippen molar-refractivity contribution < 1.29 is 9.26 Å². The van der Waals surface area contributed by atoms with E-state index >= 15 is 0 Å². The minimum absolute atomic E-state index is 0.388. The highest BCUT2D eigenvalue weighted by molar-refractivity contribution is 5.42. The van der Waals surface area contributed by atoms with Crippen molar-refractivity contribution in [2.75, 3.05) is 12.8 Å². The highest BCUT2D eigenvalue weighted by Crippen LogP contribution is 2.33. The number of benzene rings is 1. The van der Waals surface area contributed by atoms with E-state index in [1.165, 1.54) is 0 Å². The Morgan fingerprint density at radius 2 is 1.81 bits per heavy atom. The number of aromatic nitrogens is 2. The van der Waals surface area contributed by atoms with Crippen LogP contribution in [0.1, 0.15) is 51.4 Å². The fourth-order valence-electron chi connectivity index (χ4n) is 2.11. The molecule has 0 bridgehead atoms. The first-order chi connectivity index (χ1) is 9.83. The van der Waals surface area contributed by atoms with Gasteiger partial charge in [-0.25, -0.2) is 0 Å². The van der Waals surface area contributed by atoms with Crippen LogP contribution in [0, 0.1) is 0 Å². The lowest BCUT2D eigenvalue weighted by molar-refractivity contribution is -0.0106. The van der Waals surface area contributed by atoms with E-state index < -0.39 is 5.60 Å². The Bertz CT molecular complexity index is 598. The number of nitrogens with two attached hydrogens (primary N) is 1. The number of hydrogen-bond donors (Lipinski definition) is 1. The molecule has 1 unspecified atom stereocenters. The van der Waals surface area contributed by atoms with E-state index in [0.717, 1.165) is 17.7 Å². The zero-order valence-electron chi connectivity index (χ0n) is 13.3. The zero-order valence-corrected chi connectivity index (χ0v) is 13.3. The lowest BCUT2D eigenvalue weighted by atomic mass is 9.84. The first kappa shape index (κ1) is 15.5. The third kappa shape index (κ3) is 2.78. The highest BCUT2D eigenvalue weighted by atomic mass is 16.5. The normalized spacial score (nSPS) is 14.9. The molecule has 0 aliphatic heterocycles. The van der Waals surface area contributed by atoms with E-state index in [4.69, 9.17) is 15.0 Å². The second kappa shape index (κ2) is 5.48. The predicted molar refractivity (Wildman–Crippen MR) is 81.9 cm³/mol. The summed E-state index contributed by atoms with van der Waals surface area (Å²) in [5, 5.41) is 4.10. The maximum absolute atomic E-state index is 5.74. The second-order valence-corrected chi connectivity index (χ2v) is 5.96. The summed E-state index contributed by atoms with van der Waals surface area (Å²) in [4.78, 5) is 4.56. The van der Waals surface area contributed by atoms with E-state index in [2.05, 4.69) is 10.1 Å². The topological polar surface area (TPSA) is 74.2 Å². The third-order valence-corrected chi connectivity index (χ3v) is 4.19. The molecule has 5 heteroatoms. The van der Waals surface area contributed by atoms with Gasteiger partial charge in [-0.2, -0.15) is 4.98 Å². The molecule has 1 aromatic carbocycles. The number of hydrogen-bond acceptors (Lipinski definition) is 5. The molecule has 1 atom stereocenters. The second-order valence-electron chi connectivity index (χ2n) is 5.96. The average Bonchev–Trinajstić information content (AvgIpc) is 2.98. The molecular weight excluding hydrogens is 266 g/mol. The van der Waals surface area contributed by atoms with Crippen LogP contribution in [0.5, 0.6) is 0 Å². The van der Waals surface area contributed by atoms with E-state index in [-0.39, 0.29) is 5.41 Å². The van der Waals surface area contributed by atoms with Crippen molar-refractivity contribution in [2.24, 2.45) is 0 Å². The summed E-state index contributed by atoms with van der Waals surface area (Å²) in [6.07, 6.45) is 0.769. The highest BCUT2D eigenvalue weighted by Gasteiger charge is 2.35. The fourth-order valence-corrected chi connectivity index (χ4v) is 2.11. The third-order valence-electron chi connectivity index (χ3n) is 4.19. The molecule has 0 saturated heterocycles. The van der Waals surface area contributed by atoms with Gasteiger partial charge in [0.2, 0.25) is 11.7 Å². The van der Waals surface area contributed by atoms with Gasteiger partial charge < -0.3 is 15.0 Å². The summed E-state index contributed by atoms with van der Waals surface area (Å²) in [6, 6.07) is 7.71. The Morgan fingerprint density at radius 1 is 1.19 bits per heavy atom. The molecule has 2 N–H and O–H groups in total. The van der Waals surface area contributed by atoms with E-state index in [1.54, 1.807) is 7.11 Å². The maximum Gasteiger partial charge on any atom is 0.236 e. The molecule has 114 valence electrons. The lowest BCUT2D eigenvalue weighted by Crippen LogP contribution is -2.26. The van der Waals surface area contributed by atoms with Crippen molar-refractivity contribution >= 4 is 5.69 Å². The van der Waals surface area contributed by atoms with Gasteiger partial charge in [-0.1, -0.05) is 24.2 Å². The lowest BCUT2D eigenvalue weighted by Gasteiger charge is -2.23. The first-order valence-corrected chi connectivity index (χ1v) is 7.09. The van der Waals surface area contributed by atoms with Crippen LogP contribution >= 0.6 is 0 Å². The van der Waals surface area contributed by atoms with Gasteiger partial charge in [-0.15, -0.1) is 0 Å². The summed E-state index contributed by atoms with van der Waals surface area (Å²) in [7, 11) is 1.66. The van der Waals surface area contributed by atoms with Gasteiger partial charge in [-0.3, -0.25) is 0 Å². The van der Waals surface area contributed by atoms with Gasteiger partial charge in [0.1, 0.15) is 5.60 Å². The van der Waals surface area contributed by atoms with Crippen molar-refractivity contribution in [3.8, 4) is 0 Å². The van der Waals surface area contributed by atoms with Crippen LogP contribution < -0.4 is 5.73 Å². The number of nitrogens with zero attached hydrogens (tertiary/aromatic N) is 2. The number of ether oxygens (including phenoxy) is 1. The molecule has 1 aromatic heterocycles. The molecule has 5 nitrogen and oxygen atoms in total. The smallest absolute Gasteiger partial charge is 0.236 e. The molecule has 2 rings (SSSR count). The van der Waals surface area contributed by atoms with Crippen molar-refractivity contribution in [3.63, 3.8) is 0 Å². The molecule has 0 amide bonds. The number of anilines is 1. The Balaban J connectivity index is 2.38. The van der Waals surface area contributed by atoms with Crippen molar-refractivity contribution in [1.29, 1.82) is 0 Å². The minimum Gasteiger partial charge on any atom is -0.399 e. The Hall–Kier alpha value is -1.88. The monoisotopic (exact) mass is 289 g/mol. The number of nitrogen functional groups attached to an aromatic ring is 1. The van der Waals surface area contributed by atoms with Gasteiger partial charge in [0.15, 0.2) is 0 Å². The zero-order chi connectivity index (χ0) is 15.7. The summed E-state index contributed by atoms with van der Waals surface area (Å²) >= 11 is 0. The first-order valence-electron chi connectivity index (χ1n) is 7.09. The quantitative estimate of drug-likeness (QED) is 0.855. The molecule has 0 spiro atoms. The Morgan fingerprint density at radius 3 is 2.33 bits per heavy atom. The van der Waals surface area contributed by atoms with E-state index in [1.807, 2.05) is 52.0 Å². The Labute approximate surface area is 125 Å². The van der Waals surface area contributed by atoms with Crippen LogP contribution in [0.15, 0.2) is 28.8 Å². The molecule has 21 heavy (non-hydrogen) atoms. The van der Waals surface area contributed by atoms with Crippen LogP contribution in [0.3, 0.4) is 0 Å².